The molecule has 4 nitrogen and oxygen atoms in total. The highest BCUT2D eigenvalue weighted by Crippen LogP contribution is 2.15. The smallest absolute Gasteiger partial charge is 0.190 e. The molecule has 0 unspecified atom stereocenters. The number of rotatable bonds is 7. The van der Waals surface area contributed by atoms with Crippen molar-refractivity contribution < 1.29 is 0 Å². The molecule has 1 aromatic heterocycles. The molecule has 0 fully saturated rings. The second kappa shape index (κ2) is 9.56. The van der Waals surface area contributed by atoms with Crippen LogP contribution >= 0.6 is 0 Å². The van der Waals surface area contributed by atoms with Crippen LogP contribution in [0.25, 0.3) is 10.9 Å². The van der Waals surface area contributed by atoms with Crippen LogP contribution in [0.1, 0.15) is 17.5 Å². The standard InChI is InChI=1S/C22H26N4/c1-23-22(25-16-6-10-18-8-3-2-4-9-18)26-17-14-20-12-5-11-19-13-7-15-24-21(19)20/h2-5,7-9,11-13,15H,6,10,14,16-17H2,1H3,(H2,23,25,26). The number of para-hydroxylation sites is 1. The molecule has 0 aliphatic rings. The summed E-state index contributed by atoms with van der Waals surface area (Å²) < 4.78 is 0. The fraction of sp³-hybridized carbons (Fsp3) is 0.273. The molecule has 2 aromatic carbocycles. The Kier molecular flexibility index (Phi) is 6.59. The van der Waals surface area contributed by atoms with Crippen LogP contribution in [0.5, 0.6) is 0 Å². The van der Waals surface area contributed by atoms with Gasteiger partial charge in [0.1, 0.15) is 0 Å². The summed E-state index contributed by atoms with van der Waals surface area (Å²) in [5, 5.41) is 7.97. The zero-order valence-electron chi connectivity index (χ0n) is 15.3. The van der Waals surface area contributed by atoms with Gasteiger partial charge in [0.25, 0.3) is 0 Å². The van der Waals surface area contributed by atoms with Crippen LogP contribution in [0.2, 0.25) is 0 Å². The molecule has 134 valence electrons. The Morgan fingerprint density at radius 3 is 2.54 bits per heavy atom. The van der Waals surface area contributed by atoms with E-state index < -0.39 is 0 Å². The van der Waals surface area contributed by atoms with E-state index in [1.54, 1.807) is 0 Å². The van der Waals surface area contributed by atoms with Crippen molar-refractivity contribution in [3.63, 3.8) is 0 Å². The maximum atomic E-state index is 4.51. The van der Waals surface area contributed by atoms with Gasteiger partial charge in [-0.2, -0.15) is 0 Å². The molecular formula is C22H26N4. The van der Waals surface area contributed by atoms with E-state index in [0.717, 1.165) is 43.8 Å². The van der Waals surface area contributed by atoms with Crippen molar-refractivity contribution in [1.29, 1.82) is 0 Å². The number of aliphatic imine (C=N–C) groups is 1. The fourth-order valence-corrected chi connectivity index (χ4v) is 3.05. The molecule has 2 N–H and O–H groups in total. The Labute approximate surface area is 155 Å². The van der Waals surface area contributed by atoms with Gasteiger partial charge < -0.3 is 10.6 Å². The molecule has 0 amide bonds. The van der Waals surface area contributed by atoms with Gasteiger partial charge in [-0.3, -0.25) is 9.98 Å². The lowest BCUT2D eigenvalue weighted by atomic mass is 10.1. The summed E-state index contributed by atoms with van der Waals surface area (Å²) in [6.45, 7) is 1.73. The average Bonchev–Trinajstić information content (AvgIpc) is 2.70. The van der Waals surface area contributed by atoms with E-state index >= 15 is 0 Å². The summed E-state index contributed by atoms with van der Waals surface area (Å²) in [6.07, 6.45) is 4.93. The first-order valence-electron chi connectivity index (χ1n) is 9.18. The fourth-order valence-electron chi connectivity index (χ4n) is 3.05. The predicted octanol–water partition coefficient (Wildman–Crippen LogP) is 3.58. The first-order chi connectivity index (χ1) is 12.9. The van der Waals surface area contributed by atoms with Crippen molar-refractivity contribution in [1.82, 2.24) is 15.6 Å². The van der Waals surface area contributed by atoms with Crippen molar-refractivity contribution in [2.24, 2.45) is 4.99 Å². The van der Waals surface area contributed by atoms with Gasteiger partial charge in [0, 0.05) is 31.7 Å². The highest BCUT2D eigenvalue weighted by atomic mass is 15.2. The summed E-state index contributed by atoms with van der Waals surface area (Å²) in [6, 6.07) is 21.0. The maximum absolute atomic E-state index is 4.51. The normalized spacial score (nSPS) is 11.5. The molecule has 0 atom stereocenters. The molecule has 0 radical (unpaired) electrons. The topological polar surface area (TPSA) is 49.3 Å². The Bertz CT molecular complexity index is 838. The van der Waals surface area contributed by atoms with Crippen LogP contribution in [0.4, 0.5) is 0 Å². The number of aromatic nitrogens is 1. The molecule has 0 spiro atoms. The van der Waals surface area contributed by atoms with E-state index in [-0.39, 0.29) is 0 Å². The van der Waals surface area contributed by atoms with Gasteiger partial charge in [-0.1, -0.05) is 54.6 Å². The third kappa shape index (κ3) is 5.06. The van der Waals surface area contributed by atoms with E-state index in [2.05, 4.69) is 75.2 Å². The summed E-state index contributed by atoms with van der Waals surface area (Å²) >= 11 is 0. The zero-order valence-corrected chi connectivity index (χ0v) is 15.3. The molecule has 0 aliphatic heterocycles. The van der Waals surface area contributed by atoms with Crippen molar-refractivity contribution in [3.05, 3.63) is 78.0 Å². The van der Waals surface area contributed by atoms with E-state index in [9.17, 15) is 0 Å². The molecule has 3 rings (SSSR count). The number of nitrogens with one attached hydrogen (secondary N) is 2. The number of aryl methyl sites for hydroxylation is 1. The molecular weight excluding hydrogens is 320 g/mol. The third-order valence-corrected chi connectivity index (χ3v) is 4.40. The summed E-state index contributed by atoms with van der Waals surface area (Å²) in [5.41, 5.74) is 3.72. The van der Waals surface area contributed by atoms with Gasteiger partial charge in [-0.05, 0) is 36.5 Å². The van der Waals surface area contributed by atoms with Crippen molar-refractivity contribution in [2.45, 2.75) is 19.3 Å². The van der Waals surface area contributed by atoms with Crippen LogP contribution in [0, 0.1) is 0 Å². The van der Waals surface area contributed by atoms with E-state index in [4.69, 9.17) is 0 Å². The number of hydrogen-bond acceptors (Lipinski definition) is 2. The largest absolute Gasteiger partial charge is 0.356 e. The number of benzene rings is 2. The Hall–Kier alpha value is -2.88. The van der Waals surface area contributed by atoms with E-state index in [1.165, 1.54) is 16.5 Å². The maximum Gasteiger partial charge on any atom is 0.190 e. The zero-order chi connectivity index (χ0) is 18.0. The van der Waals surface area contributed by atoms with Gasteiger partial charge in [0.05, 0.1) is 5.52 Å². The van der Waals surface area contributed by atoms with Crippen LogP contribution in [0.15, 0.2) is 71.9 Å². The van der Waals surface area contributed by atoms with Gasteiger partial charge in [-0.25, -0.2) is 0 Å². The van der Waals surface area contributed by atoms with Gasteiger partial charge in [-0.15, -0.1) is 0 Å². The molecule has 0 aliphatic carbocycles. The molecule has 0 saturated heterocycles. The van der Waals surface area contributed by atoms with Crippen LogP contribution in [-0.4, -0.2) is 31.1 Å². The summed E-state index contributed by atoms with van der Waals surface area (Å²) in [4.78, 5) is 8.82. The molecule has 1 heterocycles. The first-order valence-corrected chi connectivity index (χ1v) is 9.18. The highest BCUT2D eigenvalue weighted by molar-refractivity contribution is 5.82. The number of pyridine rings is 1. The summed E-state index contributed by atoms with van der Waals surface area (Å²) in [5.74, 6) is 0.853. The lowest BCUT2D eigenvalue weighted by Crippen LogP contribution is -2.38. The van der Waals surface area contributed by atoms with Crippen molar-refractivity contribution in [2.75, 3.05) is 20.1 Å². The first kappa shape index (κ1) is 17.9. The second-order valence-electron chi connectivity index (χ2n) is 6.26. The molecule has 0 bridgehead atoms. The minimum Gasteiger partial charge on any atom is -0.356 e. The van der Waals surface area contributed by atoms with Crippen LogP contribution < -0.4 is 10.6 Å². The van der Waals surface area contributed by atoms with Crippen molar-refractivity contribution >= 4 is 16.9 Å². The predicted molar refractivity (Wildman–Crippen MR) is 110 cm³/mol. The highest BCUT2D eigenvalue weighted by Gasteiger charge is 2.03. The molecule has 26 heavy (non-hydrogen) atoms. The summed E-state index contributed by atoms with van der Waals surface area (Å²) in [7, 11) is 1.81. The molecule has 4 heteroatoms. The van der Waals surface area contributed by atoms with Gasteiger partial charge in [0.2, 0.25) is 0 Å². The lowest BCUT2D eigenvalue weighted by Gasteiger charge is -2.12. The monoisotopic (exact) mass is 346 g/mol. The number of guanidine groups is 1. The Balaban J connectivity index is 1.42. The van der Waals surface area contributed by atoms with Crippen molar-refractivity contribution in [3.8, 4) is 0 Å². The quantitative estimate of drug-likeness (QED) is 0.391. The van der Waals surface area contributed by atoms with E-state index in [1.807, 2.05) is 19.3 Å². The van der Waals surface area contributed by atoms with Gasteiger partial charge in [0.15, 0.2) is 5.96 Å². The van der Waals surface area contributed by atoms with Crippen LogP contribution in [0.3, 0.4) is 0 Å². The minimum absolute atomic E-state index is 0.827. The SMILES string of the molecule is CN=C(NCCCc1ccccc1)NCCc1cccc2cccnc12. The minimum atomic E-state index is 0.827. The Morgan fingerprint density at radius 2 is 1.69 bits per heavy atom. The van der Waals surface area contributed by atoms with E-state index in [0.29, 0.717) is 0 Å². The van der Waals surface area contributed by atoms with Crippen LogP contribution in [-0.2, 0) is 12.8 Å². The number of nitrogens with zero attached hydrogens (tertiary/aromatic N) is 2. The number of hydrogen-bond donors (Lipinski definition) is 2. The average molecular weight is 346 g/mol. The van der Waals surface area contributed by atoms with Gasteiger partial charge >= 0.3 is 0 Å². The number of fused-ring (bicyclic) bond motifs is 1. The lowest BCUT2D eigenvalue weighted by molar-refractivity contribution is 0.739. The molecule has 3 aromatic rings. The third-order valence-electron chi connectivity index (χ3n) is 4.40. The molecule has 0 saturated carbocycles. The second-order valence-corrected chi connectivity index (χ2v) is 6.26. The Morgan fingerprint density at radius 1 is 0.885 bits per heavy atom.